The van der Waals surface area contributed by atoms with Gasteiger partial charge < -0.3 is 0 Å². The summed E-state index contributed by atoms with van der Waals surface area (Å²) < 4.78 is 0. The highest BCUT2D eigenvalue weighted by Gasteiger charge is 2.13. The number of hydrogen-bond acceptors (Lipinski definition) is 2. The first kappa shape index (κ1) is 10.6. The van der Waals surface area contributed by atoms with Crippen molar-refractivity contribution in [1.29, 1.82) is 0 Å². The van der Waals surface area contributed by atoms with Gasteiger partial charge in [0.05, 0.1) is 0 Å². The first-order valence-corrected chi connectivity index (χ1v) is 6.40. The molecule has 0 saturated heterocycles. The molecule has 0 saturated carbocycles. The van der Waals surface area contributed by atoms with Crippen LogP contribution < -0.4 is 0 Å². The standard InChI is InChI=1S/C13H16OS/c1-10-12(7-8-15-10)13(14)9-11-5-3-2-4-6-11/h5,7-8H,2-4,6,9H2,1H3. The summed E-state index contributed by atoms with van der Waals surface area (Å²) in [5, 5.41) is 2.00. The minimum absolute atomic E-state index is 0.293. The molecule has 1 nitrogen and oxygen atoms in total. The lowest BCUT2D eigenvalue weighted by molar-refractivity contribution is 0.0991. The van der Waals surface area contributed by atoms with E-state index in [0.717, 1.165) is 23.3 Å². The molecule has 2 rings (SSSR count). The van der Waals surface area contributed by atoms with Crippen LogP contribution in [0.5, 0.6) is 0 Å². The van der Waals surface area contributed by atoms with Crippen molar-refractivity contribution >= 4 is 17.1 Å². The number of carbonyl (C=O) groups is 1. The zero-order valence-electron chi connectivity index (χ0n) is 9.08. The van der Waals surface area contributed by atoms with E-state index in [-0.39, 0.29) is 0 Å². The van der Waals surface area contributed by atoms with Crippen molar-refractivity contribution in [2.45, 2.75) is 39.0 Å². The smallest absolute Gasteiger partial charge is 0.167 e. The van der Waals surface area contributed by atoms with Crippen LogP contribution in [-0.2, 0) is 0 Å². The Morgan fingerprint density at radius 1 is 1.47 bits per heavy atom. The van der Waals surface area contributed by atoms with Crippen LogP contribution >= 0.6 is 11.3 Å². The third kappa shape index (κ3) is 2.57. The third-order valence-corrected chi connectivity index (χ3v) is 3.78. The maximum absolute atomic E-state index is 12.0. The lowest BCUT2D eigenvalue weighted by Gasteiger charge is -2.11. The van der Waals surface area contributed by atoms with Crippen LogP contribution in [-0.4, -0.2) is 5.78 Å². The van der Waals surface area contributed by atoms with E-state index in [2.05, 4.69) is 6.08 Å². The lowest BCUT2D eigenvalue weighted by Crippen LogP contribution is -2.03. The fraction of sp³-hybridized carbons (Fsp3) is 0.462. The summed E-state index contributed by atoms with van der Waals surface area (Å²) in [7, 11) is 0. The number of carbonyl (C=O) groups excluding carboxylic acids is 1. The average molecular weight is 220 g/mol. The molecular formula is C13H16OS. The van der Waals surface area contributed by atoms with Gasteiger partial charge >= 0.3 is 0 Å². The summed E-state index contributed by atoms with van der Waals surface area (Å²) in [6, 6.07) is 1.95. The Morgan fingerprint density at radius 3 is 2.93 bits per heavy atom. The van der Waals surface area contributed by atoms with Crippen LogP contribution in [0, 0.1) is 6.92 Å². The lowest BCUT2D eigenvalue weighted by atomic mass is 9.94. The quantitative estimate of drug-likeness (QED) is 0.553. The molecule has 0 radical (unpaired) electrons. The topological polar surface area (TPSA) is 17.1 Å². The Bertz CT molecular complexity index is 387. The van der Waals surface area contributed by atoms with Gasteiger partial charge in [0.25, 0.3) is 0 Å². The van der Waals surface area contributed by atoms with Gasteiger partial charge in [-0.15, -0.1) is 11.3 Å². The minimum Gasteiger partial charge on any atom is -0.294 e. The van der Waals surface area contributed by atoms with E-state index in [1.807, 2.05) is 18.4 Å². The van der Waals surface area contributed by atoms with E-state index in [0.29, 0.717) is 12.2 Å². The van der Waals surface area contributed by atoms with Gasteiger partial charge in [-0.2, -0.15) is 0 Å². The molecular weight excluding hydrogens is 204 g/mol. The molecule has 0 aliphatic heterocycles. The van der Waals surface area contributed by atoms with Crippen molar-refractivity contribution in [1.82, 2.24) is 0 Å². The van der Waals surface area contributed by atoms with Gasteiger partial charge in [-0.3, -0.25) is 4.79 Å². The van der Waals surface area contributed by atoms with Crippen molar-refractivity contribution in [2.24, 2.45) is 0 Å². The Labute approximate surface area is 94.8 Å². The molecule has 2 heteroatoms. The van der Waals surface area contributed by atoms with Crippen LogP contribution in [0.3, 0.4) is 0 Å². The van der Waals surface area contributed by atoms with Crippen LogP contribution in [0.25, 0.3) is 0 Å². The molecule has 0 aromatic carbocycles. The second-order valence-electron chi connectivity index (χ2n) is 4.10. The summed E-state index contributed by atoms with van der Waals surface area (Å²) in [6.45, 7) is 2.02. The molecule has 1 aliphatic rings. The van der Waals surface area contributed by atoms with E-state index < -0.39 is 0 Å². The normalized spacial score (nSPS) is 16.2. The number of allylic oxidation sites excluding steroid dienone is 2. The molecule has 0 spiro atoms. The SMILES string of the molecule is Cc1sccc1C(=O)CC1=CCCCC1. The highest BCUT2D eigenvalue weighted by molar-refractivity contribution is 7.10. The van der Waals surface area contributed by atoms with Crippen molar-refractivity contribution < 1.29 is 4.79 Å². The average Bonchev–Trinajstić information content (AvgIpc) is 2.66. The summed E-state index contributed by atoms with van der Waals surface area (Å²) >= 11 is 1.65. The van der Waals surface area contributed by atoms with Crippen molar-refractivity contribution in [3.05, 3.63) is 33.5 Å². The van der Waals surface area contributed by atoms with E-state index in [1.54, 1.807) is 11.3 Å². The monoisotopic (exact) mass is 220 g/mol. The molecule has 1 aromatic rings. The largest absolute Gasteiger partial charge is 0.294 e. The van der Waals surface area contributed by atoms with Crippen LogP contribution in [0.4, 0.5) is 0 Å². The third-order valence-electron chi connectivity index (χ3n) is 2.93. The molecule has 0 amide bonds. The van der Waals surface area contributed by atoms with Gasteiger partial charge in [-0.1, -0.05) is 11.6 Å². The summed E-state index contributed by atoms with van der Waals surface area (Å²) in [6.07, 6.45) is 7.71. The van der Waals surface area contributed by atoms with E-state index in [4.69, 9.17) is 0 Å². The Balaban J connectivity index is 2.04. The maximum atomic E-state index is 12.0. The Morgan fingerprint density at radius 2 is 2.33 bits per heavy atom. The molecule has 1 heterocycles. The van der Waals surface area contributed by atoms with Gasteiger partial charge in [0.1, 0.15) is 0 Å². The van der Waals surface area contributed by atoms with E-state index in [1.165, 1.54) is 18.4 Å². The zero-order valence-corrected chi connectivity index (χ0v) is 9.90. The fourth-order valence-electron chi connectivity index (χ4n) is 2.04. The molecule has 0 atom stereocenters. The van der Waals surface area contributed by atoms with Crippen molar-refractivity contribution in [3.8, 4) is 0 Å². The van der Waals surface area contributed by atoms with Gasteiger partial charge in [-0.05, 0) is 44.1 Å². The molecule has 0 N–H and O–H groups in total. The van der Waals surface area contributed by atoms with Crippen LogP contribution in [0.15, 0.2) is 23.1 Å². The summed E-state index contributed by atoms with van der Waals surface area (Å²) in [4.78, 5) is 13.1. The molecule has 1 aromatic heterocycles. The number of hydrogen-bond donors (Lipinski definition) is 0. The molecule has 1 aliphatic carbocycles. The number of aryl methyl sites for hydroxylation is 1. The molecule has 0 bridgehead atoms. The van der Waals surface area contributed by atoms with Gasteiger partial charge in [0.15, 0.2) is 5.78 Å². The van der Waals surface area contributed by atoms with Crippen LogP contribution in [0.2, 0.25) is 0 Å². The second kappa shape index (κ2) is 4.75. The fourth-order valence-corrected chi connectivity index (χ4v) is 2.76. The molecule has 15 heavy (non-hydrogen) atoms. The number of thiophene rings is 1. The molecule has 0 fully saturated rings. The number of Topliss-reactive ketones (excluding diaryl/α,β-unsaturated/α-hetero) is 1. The molecule has 0 unspecified atom stereocenters. The number of ketones is 1. The highest BCUT2D eigenvalue weighted by atomic mass is 32.1. The predicted octanol–water partition coefficient (Wildman–Crippen LogP) is 4.13. The Kier molecular flexibility index (Phi) is 3.37. The number of rotatable bonds is 3. The zero-order chi connectivity index (χ0) is 10.7. The summed E-state index contributed by atoms with van der Waals surface area (Å²) in [5.41, 5.74) is 2.27. The first-order valence-electron chi connectivity index (χ1n) is 5.52. The van der Waals surface area contributed by atoms with Gasteiger partial charge in [0, 0.05) is 16.9 Å². The molecule has 80 valence electrons. The summed E-state index contributed by atoms with van der Waals surface area (Å²) in [5.74, 6) is 0.293. The Hall–Kier alpha value is -0.890. The van der Waals surface area contributed by atoms with E-state index in [9.17, 15) is 4.79 Å². The second-order valence-corrected chi connectivity index (χ2v) is 5.22. The van der Waals surface area contributed by atoms with E-state index >= 15 is 0 Å². The maximum Gasteiger partial charge on any atom is 0.167 e. The first-order chi connectivity index (χ1) is 7.27. The highest BCUT2D eigenvalue weighted by Crippen LogP contribution is 2.24. The van der Waals surface area contributed by atoms with Gasteiger partial charge in [-0.25, -0.2) is 0 Å². The minimum atomic E-state index is 0.293. The van der Waals surface area contributed by atoms with Crippen molar-refractivity contribution in [2.75, 3.05) is 0 Å². The van der Waals surface area contributed by atoms with Gasteiger partial charge in [0.2, 0.25) is 0 Å². The van der Waals surface area contributed by atoms with Crippen LogP contribution in [0.1, 0.15) is 47.3 Å². The predicted molar refractivity (Wildman–Crippen MR) is 64.6 cm³/mol. The van der Waals surface area contributed by atoms with Crippen molar-refractivity contribution in [3.63, 3.8) is 0 Å².